The van der Waals surface area contributed by atoms with Crippen LogP contribution in [-0.2, 0) is 0 Å². The zero-order valence-electron chi connectivity index (χ0n) is 31.0. The maximum atomic E-state index is 6.70. The molecule has 0 amide bonds. The van der Waals surface area contributed by atoms with Gasteiger partial charge in [0.25, 0.3) is 0 Å². The molecule has 2 nitrogen and oxygen atoms in total. The molecule has 0 atom stereocenters. The molecule has 0 saturated heterocycles. The van der Waals surface area contributed by atoms with E-state index in [1.165, 1.54) is 59.1 Å². The highest BCUT2D eigenvalue weighted by molar-refractivity contribution is 7.25. The van der Waals surface area contributed by atoms with Crippen LogP contribution in [0, 0.1) is 0 Å². The summed E-state index contributed by atoms with van der Waals surface area (Å²) in [6, 6.07) is 76.4. The van der Waals surface area contributed by atoms with E-state index in [9.17, 15) is 0 Å². The van der Waals surface area contributed by atoms with Crippen LogP contribution in [0.1, 0.15) is 0 Å². The first-order valence-corrected chi connectivity index (χ1v) is 20.1. The monoisotopic (exact) mass is 745 g/mol. The van der Waals surface area contributed by atoms with E-state index >= 15 is 0 Å². The van der Waals surface area contributed by atoms with Crippen LogP contribution in [0.3, 0.4) is 0 Å². The minimum atomic E-state index is 0.860. The van der Waals surface area contributed by atoms with E-state index in [4.69, 9.17) is 4.42 Å². The van der Waals surface area contributed by atoms with Gasteiger partial charge in [-0.25, -0.2) is 0 Å². The van der Waals surface area contributed by atoms with Gasteiger partial charge in [0.1, 0.15) is 5.58 Å². The third kappa shape index (κ3) is 5.88. The second-order valence-corrected chi connectivity index (χ2v) is 15.6. The molecular weight excluding hydrogens is 711 g/mol. The molecule has 268 valence electrons. The number of hydrogen-bond acceptors (Lipinski definition) is 3. The molecule has 11 rings (SSSR count). The lowest BCUT2D eigenvalue weighted by atomic mass is 9.92. The van der Waals surface area contributed by atoms with Gasteiger partial charge in [-0.1, -0.05) is 158 Å². The molecule has 0 spiro atoms. The minimum absolute atomic E-state index is 0.860. The van der Waals surface area contributed by atoms with Gasteiger partial charge < -0.3 is 9.32 Å². The molecule has 0 aliphatic rings. The van der Waals surface area contributed by atoms with E-state index in [-0.39, 0.29) is 0 Å². The van der Waals surface area contributed by atoms with E-state index in [0.717, 1.165) is 44.6 Å². The Bertz CT molecular complexity index is 3210. The zero-order chi connectivity index (χ0) is 37.7. The van der Waals surface area contributed by atoms with Crippen molar-refractivity contribution in [3.05, 3.63) is 212 Å². The molecule has 2 aromatic heterocycles. The Morgan fingerprint density at radius 3 is 1.65 bits per heavy atom. The van der Waals surface area contributed by atoms with Crippen molar-refractivity contribution >= 4 is 70.5 Å². The normalized spacial score (nSPS) is 11.5. The first-order chi connectivity index (χ1) is 28.2. The van der Waals surface area contributed by atoms with Crippen LogP contribution < -0.4 is 4.90 Å². The van der Waals surface area contributed by atoms with Crippen molar-refractivity contribution in [2.45, 2.75) is 0 Å². The van der Waals surface area contributed by atoms with Crippen molar-refractivity contribution in [2.24, 2.45) is 0 Å². The Labute approximate surface area is 335 Å². The molecule has 11 aromatic rings. The lowest BCUT2D eigenvalue weighted by Crippen LogP contribution is -2.10. The Hall–Kier alpha value is -7.20. The van der Waals surface area contributed by atoms with E-state index in [2.05, 4.69) is 211 Å². The highest BCUT2D eigenvalue weighted by Crippen LogP contribution is 2.46. The fraction of sp³-hybridized carbons (Fsp3) is 0. The molecule has 0 saturated carbocycles. The average molecular weight is 746 g/mol. The molecule has 57 heavy (non-hydrogen) atoms. The molecule has 0 radical (unpaired) electrons. The van der Waals surface area contributed by atoms with Crippen LogP contribution in [0.5, 0.6) is 0 Å². The van der Waals surface area contributed by atoms with Gasteiger partial charge in [0, 0.05) is 42.3 Å². The third-order valence-corrected chi connectivity index (χ3v) is 12.3. The Balaban J connectivity index is 1.09. The number of rotatable bonds is 7. The van der Waals surface area contributed by atoms with Gasteiger partial charge in [0.15, 0.2) is 5.58 Å². The molecule has 2 heterocycles. The minimum Gasteiger partial charge on any atom is -0.454 e. The fourth-order valence-electron chi connectivity index (χ4n) is 8.30. The maximum Gasteiger partial charge on any atom is 0.159 e. The summed E-state index contributed by atoms with van der Waals surface area (Å²) in [5.41, 5.74) is 14.3. The summed E-state index contributed by atoms with van der Waals surface area (Å²) in [6.45, 7) is 0. The SMILES string of the molecule is c1ccc(-c2ccc(-c3ccc(N(c4ccc(-c5ccccc5)c(-c5ccc6sc7ccccc7c6c5)c4)c4cccc5c4oc4ccccc45)cc3)cc2)cc1. The molecule has 0 unspecified atom stereocenters. The first kappa shape index (κ1) is 33.2. The number of benzene rings is 9. The highest BCUT2D eigenvalue weighted by atomic mass is 32.1. The number of hydrogen-bond donors (Lipinski definition) is 0. The predicted molar refractivity (Wildman–Crippen MR) is 243 cm³/mol. The summed E-state index contributed by atoms with van der Waals surface area (Å²) < 4.78 is 9.30. The molecule has 0 bridgehead atoms. The highest BCUT2D eigenvalue weighted by Gasteiger charge is 2.21. The molecular formula is C54H35NOS. The van der Waals surface area contributed by atoms with E-state index in [1.807, 2.05) is 17.4 Å². The largest absolute Gasteiger partial charge is 0.454 e. The Kier molecular flexibility index (Phi) is 8.04. The van der Waals surface area contributed by atoms with Gasteiger partial charge in [0.2, 0.25) is 0 Å². The van der Waals surface area contributed by atoms with Crippen LogP contribution in [0.15, 0.2) is 217 Å². The van der Waals surface area contributed by atoms with Crippen LogP contribution in [-0.4, -0.2) is 0 Å². The summed E-state index contributed by atoms with van der Waals surface area (Å²) in [6.07, 6.45) is 0. The van der Waals surface area contributed by atoms with Gasteiger partial charge in [0.05, 0.1) is 5.69 Å². The Morgan fingerprint density at radius 2 is 0.895 bits per heavy atom. The number of fused-ring (bicyclic) bond motifs is 6. The lowest BCUT2D eigenvalue weighted by Gasteiger charge is -2.27. The first-order valence-electron chi connectivity index (χ1n) is 19.3. The number of thiophene rings is 1. The van der Waals surface area contributed by atoms with Crippen LogP contribution in [0.25, 0.3) is 86.6 Å². The van der Waals surface area contributed by atoms with Crippen LogP contribution in [0.2, 0.25) is 0 Å². The van der Waals surface area contributed by atoms with Gasteiger partial charge >= 0.3 is 0 Å². The van der Waals surface area contributed by atoms with Crippen LogP contribution in [0.4, 0.5) is 17.1 Å². The van der Waals surface area contributed by atoms with Gasteiger partial charge in [-0.3, -0.25) is 0 Å². The topological polar surface area (TPSA) is 16.4 Å². The van der Waals surface area contributed by atoms with Crippen molar-refractivity contribution in [1.82, 2.24) is 0 Å². The summed E-state index contributed by atoms with van der Waals surface area (Å²) in [4.78, 5) is 2.35. The van der Waals surface area contributed by atoms with E-state index < -0.39 is 0 Å². The van der Waals surface area contributed by atoms with Gasteiger partial charge in [-0.05, 0) is 99.1 Å². The molecule has 3 heteroatoms. The van der Waals surface area contributed by atoms with Crippen molar-refractivity contribution in [3.8, 4) is 44.5 Å². The third-order valence-electron chi connectivity index (χ3n) is 11.1. The molecule has 9 aromatic carbocycles. The van der Waals surface area contributed by atoms with Crippen molar-refractivity contribution < 1.29 is 4.42 Å². The fourth-order valence-corrected chi connectivity index (χ4v) is 9.38. The van der Waals surface area contributed by atoms with Gasteiger partial charge in [-0.15, -0.1) is 11.3 Å². The quantitative estimate of drug-likeness (QED) is 0.162. The maximum absolute atomic E-state index is 6.70. The van der Waals surface area contributed by atoms with E-state index in [0.29, 0.717) is 0 Å². The zero-order valence-corrected chi connectivity index (χ0v) is 31.8. The molecule has 0 aliphatic heterocycles. The van der Waals surface area contributed by atoms with Crippen molar-refractivity contribution in [2.75, 3.05) is 4.90 Å². The van der Waals surface area contributed by atoms with Crippen molar-refractivity contribution in [3.63, 3.8) is 0 Å². The number of nitrogens with zero attached hydrogens (tertiary/aromatic N) is 1. The Morgan fingerprint density at radius 1 is 0.333 bits per heavy atom. The average Bonchev–Trinajstić information content (AvgIpc) is 3.86. The second-order valence-electron chi connectivity index (χ2n) is 14.5. The summed E-state index contributed by atoms with van der Waals surface area (Å²) in [5.74, 6) is 0. The summed E-state index contributed by atoms with van der Waals surface area (Å²) >= 11 is 1.85. The predicted octanol–water partition coefficient (Wildman–Crippen LogP) is 16.1. The number of anilines is 3. The molecule has 0 N–H and O–H groups in total. The summed E-state index contributed by atoms with van der Waals surface area (Å²) in [7, 11) is 0. The standard InChI is InChI=1S/C54H35NOS/c1-3-12-36(13-4-1)37-22-24-38(25-23-37)39-26-29-42(30-27-39)55(50-19-11-18-47-45-16-7-9-20-51(45)56-54(47)50)43-31-32-44(40-14-5-2-6-15-40)48(35-43)41-28-33-53-49(34-41)46-17-8-10-21-52(46)57-53/h1-35H. The lowest BCUT2D eigenvalue weighted by molar-refractivity contribution is 0.669. The van der Waals surface area contributed by atoms with E-state index in [1.54, 1.807) is 0 Å². The molecule has 0 fully saturated rings. The number of furan rings is 1. The van der Waals surface area contributed by atoms with Crippen molar-refractivity contribution in [1.29, 1.82) is 0 Å². The molecule has 0 aliphatic carbocycles. The second kappa shape index (κ2) is 13.8. The van der Waals surface area contributed by atoms with Gasteiger partial charge in [-0.2, -0.15) is 0 Å². The smallest absolute Gasteiger partial charge is 0.159 e. The number of para-hydroxylation sites is 2. The summed E-state index contributed by atoms with van der Waals surface area (Å²) in [5, 5.41) is 4.79. The van der Waals surface area contributed by atoms with Crippen LogP contribution >= 0.6 is 11.3 Å².